The topological polar surface area (TPSA) is 68.0 Å². The highest BCUT2D eigenvalue weighted by molar-refractivity contribution is 5.95. The average molecular weight is 341 g/mol. The molecular formula is C16H18F3N3O2. The minimum atomic E-state index is -4.56. The molecule has 0 atom stereocenters. The second kappa shape index (κ2) is 7.46. The second-order valence-corrected chi connectivity index (χ2v) is 5.60. The Hall–Kier alpha value is -2.38. The van der Waals surface area contributed by atoms with E-state index in [0.29, 0.717) is 24.6 Å². The molecule has 0 unspecified atom stereocenters. The van der Waals surface area contributed by atoms with Gasteiger partial charge in [0.25, 0.3) is 5.91 Å². The van der Waals surface area contributed by atoms with Gasteiger partial charge in [0, 0.05) is 18.9 Å². The number of aryl methyl sites for hydroxylation is 1. The first-order valence-electron chi connectivity index (χ1n) is 7.56. The van der Waals surface area contributed by atoms with Crippen LogP contribution in [0.2, 0.25) is 0 Å². The van der Waals surface area contributed by atoms with Gasteiger partial charge in [-0.15, -0.1) is 0 Å². The summed E-state index contributed by atoms with van der Waals surface area (Å²) < 4.78 is 43.7. The molecular weight excluding hydrogens is 323 g/mol. The van der Waals surface area contributed by atoms with Crippen LogP contribution < -0.4 is 5.32 Å². The highest BCUT2D eigenvalue weighted by Crippen LogP contribution is 2.31. The lowest BCUT2D eigenvalue weighted by Crippen LogP contribution is -2.27. The Morgan fingerprint density at radius 3 is 2.62 bits per heavy atom. The van der Waals surface area contributed by atoms with Crippen molar-refractivity contribution in [2.45, 2.75) is 38.8 Å². The second-order valence-electron chi connectivity index (χ2n) is 5.60. The Morgan fingerprint density at radius 1 is 1.29 bits per heavy atom. The molecule has 0 radical (unpaired) electrons. The van der Waals surface area contributed by atoms with Crippen LogP contribution in [0.3, 0.4) is 0 Å². The number of amides is 1. The fourth-order valence-electron chi connectivity index (χ4n) is 2.07. The average Bonchev–Trinajstić information content (AvgIpc) is 2.99. The SMILES string of the molecule is CC(C)c1noc(CCCNC(=O)c2ccccc2C(F)(F)F)n1. The first-order chi connectivity index (χ1) is 11.3. The van der Waals surface area contributed by atoms with Gasteiger partial charge in [0.15, 0.2) is 5.82 Å². The van der Waals surface area contributed by atoms with Crippen molar-refractivity contribution in [3.63, 3.8) is 0 Å². The number of alkyl halides is 3. The van der Waals surface area contributed by atoms with Crippen molar-refractivity contribution in [1.29, 1.82) is 0 Å². The van der Waals surface area contributed by atoms with E-state index in [-0.39, 0.29) is 18.0 Å². The third kappa shape index (κ3) is 4.56. The molecule has 0 aliphatic rings. The van der Waals surface area contributed by atoms with E-state index in [1.54, 1.807) is 0 Å². The number of hydrogen-bond donors (Lipinski definition) is 1. The van der Waals surface area contributed by atoms with Crippen LogP contribution in [0.1, 0.15) is 53.8 Å². The molecule has 0 aliphatic heterocycles. The summed E-state index contributed by atoms with van der Waals surface area (Å²) in [5, 5.41) is 6.30. The summed E-state index contributed by atoms with van der Waals surface area (Å²) in [6, 6.07) is 4.70. The van der Waals surface area contributed by atoms with E-state index in [9.17, 15) is 18.0 Å². The number of rotatable bonds is 6. The maximum absolute atomic E-state index is 12.9. The Morgan fingerprint density at radius 2 is 2.00 bits per heavy atom. The van der Waals surface area contributed by atoms with Crippen molar-refractivity contribution >= 4 is 5.91 Å². The van der Waals surface area contributed by atoms with E-state index in [1.165, 1.54) is 12.1 Å². The van der Waals surface area contributed by atoms with Crippen LogP contribution in [0.25, 0.3) is 0 Å². The van der Waals surface area contributed by atoms with Crippen LogP contribution >= 0.6 is 0 Å². The zero-order valence-electron chi connectivity index (χ0n) is 13.4. The molecule has 2 rings (SSSR count). The van der Waals surface area contributed by atoms with Gasteiger partial charge in [-0.1, -0.05) is 31.1 Å². The molecule has 1 heterocycles. The Kier molecular flexibility index (Phi) is 5.58. The molecule has 1 aromatic heterocycles. The number of carbonyl (C=O) groups is 1. The Balaban J connectivity index is 1.88. The molecule has 0 aliphatic carbocycles. The molecule has 0 saturated heterocycles. The first-order valence-corrected chi connectivity index (χ1v) is 7.56. The molecule has 0 fully saturated rings. The predicted molar refractivity (Wildman–Crippen MR) is 80.5 cm³/mol. The molecule has 1 amide bonds. The van der Waals surface area contributed by atoms with Crippen molar-refractivity contribution in [3.8, 4) is 0 Å². The van der Waals surface area contributed by atoms with E-state index >= 15 is 0 Å². The van der Waals surface area contributed by atoms with Crippen molar-refractivity contribution in [2.24, 2.45) is 0 Å². The van der Waals surface area contributed by atoms with Crippen LogP contribution in [0.4, 0.5) is 13.2 Å². The summed E-state index contributed by atoms with van der Waals surface area (Å²) in [6.07, 6.45) is -3.63. The number of halogens is 3. The van der Waals surface area contributed by atoms with Crippen LogP contribution in [-0.2, 0) is 12.6 Å². The Labute approximate surface area is 137 Å². The van der Waals surface area contributed by atoms with Gasteiger partial charge in [-0.3, -0.25) is 4.79 Å². The van der Waals surface area contributed by atoms with Crippen molar-refractivity contribution < 1.29 is 22.5 Å². The third-order valence-corrected chi connectivity index (χ3v) is 3.33. The Bertz CT molecular complexity index is 696. The summed E-state index contributed by atoms with van der Waals surface area (Å²) in [5.74, 6) is 0.453. The van der Waals surface area contributed by atoms with Gasteiger partial charge in [-0.25, -0.2) is 0 Å². The molecule has 0 spiro atoms. The largest absolute Gasteiger partial charge is 0.417 e. The quantitative estimate of drug-likeness (QED) is 0.816. The maximum atomic E-state index is 12.9. The van der Waals surface area contributed by atoms with E-state index in [0.717, 1.165) is 12.1 Å². The lowest BCUT2D eigenvalue weighted by atomic mass is 10.1. The smallest absolute Gasteiger partial charge is 0.352 e. The summed E-state index contributed by atoms with van der Waals surface area (Å²) in [4.78, 5) is 16.1. The minimum absolute atomic E-state index is 0.154. The number of benzene rings is 1. The van der Waals surface area contributed by atoms with E-state index < -0.39 is 17.6 Å². The lowest BCUT2D eigenvalue weighted by molar-refractivity contribution is -0.137. The number of hydrogen-bond acceptors (Lipinski definition) is 4. The third-order valence-electron chi connectivity index (χ3n) is 3.33. The number of carbonyl (C=O) groups excluding carboxylic acids is 1. The fourth-order valence-corrected chi connectivity index (χ4v) is 2.07. The number of nitrogens with one attached hydrogen (secondary N) is 1. The van der Waals surface area contributed by atoms with Crippen molar-refractivity contribution in [1.82, 2.24) is 15.5 Å². The van der Waals surface area contributed by atoms with E-state index in [4.69, 9.17) is 4.52 Å². The molecule has 8 heteroatoms. The molecule has 130 valence electrons. The van der Waals surface area contributed by atoms with Gasteiger partial charge >= 0.3 is 6.18 Å². The summed E-state index contributed by atoms with van der Waals surface area (Å²) >= 11 is 0. The standard InChI is InChI=1S/C16H18F3N3O2/c1-10(2)14-21-13(24-22-14)8-5-9-20-15(23)11-6-3-4-7-12(11)16(17,18)19/h3-4,6-7,10H,5,8-9H2,1-2H3,(H,20,23). The van der Waals surface area contributed by atoms with E-state index in [2.05, 4.69) is 15.5 Å². The van der Waals surface area contributed by atoms with Gasteiger partial charge in [0.05, 0.1) is 11.1 Å². The molecule has 5 nitrogen and oxygen atoms in total. The molecule has 2 aromatic rings. The van der Waals surface area contributed by atoms with Gasteiger partial charge in [-0.05, 0) is 18.6 Å². The van der Waals surface area contributed by atoms with Gasteiger partial charge < -0.3 is 9.84 Å². The van der Waals surface area contributed by atoms with Gasteiger partial charge in [0.2, 0.25) is 5.89 Å². The van der Waals surface area contributed by atoms with Gasteiger partial charge in [0.1, 0.15) is 0 Å². The highest BCUT2D eigenvalue weighted by Gasteiger charge is 2.34. The van der Waals surface area contributed by atoms with Crippen LogP contribution in [0, 0.1) is 0 Å². The van der Waals surface area contributed by atoms with Crippen molar-refractivity contribution in [2.75, 3.05) is 6.54 Å². The molecule has 0 saturated carbocycles. The zero-order chi connectivity index (χ0) is 17.7. The molecule has 24 heavy (non-hydrogen) atoms. The molecule has 1 N–H and O–H groups in total. The summed E-state index contributed by atoms with van der Waals surface area (Å²) in [5.41, 5.74) is -1.33. The summed E-state index contributed by atoms with van der Waals surface area (Å²) in [6.45, 7) is 4.09. The maximum Gasteiger partial charge on any atom is 0.417 e. The minimum Gasteiger partial charge on any atom is -0.352 e. The lowest BCUT2D eigenvalue weighted by Gasteiger charge is -2.12. The monoisotopic (exact) mass is 341 g/mol. The van der Waals surface area contributed by atoms with Crippen LogP contribution in [0.5, 0.6) is 0 Å². The number of aromatic nitrogens is 2. The van der Waals surface area contributed by atoms with Crippen LogP contribution in [-0.4, -0.2) is 22.6 Å². The number of nitrogens with zero attached hydrogens (tertiary/aromatic N) is 2. The van der Waals surface area contributed by atoms with Crippen LogP contribution in [0.15, 0.2) is 28.8 Å². The van der Waals surface area contributed by atoms with Gasteiger partial charge in [-0.2, -0.15) is 18.2 Å². The molecule has 0 bridgehead atoms. The summed E-state index contributed by atoms with van der Waals surface area (Å²) in [7, 11) is 0. The zero-order valence-corrected chi connectivity index (χ0v) is 13.4. The first kappa shape index (κ1) is 18.0. The normalized spacial score (nSPS) is 11.8. The molecule has 1 aromatic carbocycles. The van der Waals surface area contributed by atoms with Crippen molar-refractivity contribution in [3.05, 3.63) is 47.1 Å². The fraction of sp³-hybridized carbons (Fsp3) is 0.438. The predicted octanol–water partition coefficient (Wildman–Crippen LogP) is 3.57. The highest BCUT2D eigenvalue weighted by atomic mass is 19.4. The van der Waals surface area contributed by atoms with E-state index in [1.807, 2.05) is 13.8 Å².